The fourth-order valence-corrected chi connectivity index (χ4v) is 2.92. The topological polar surface area (TPSA) is 45.2 Å². The first kappa shape index (κ1) is 15.5. The first-order valence-corrected chi connectivity index (χ1v) is 8.24. The van der Waals surface area contributed by atoms with Gasteiger partial charge >= 0.3 is 0 Å². The van der Waals surface area contributed by atoms with Crippen molar-refractivity contribution in [2.24, 2.45) is 5.92 Å². The number of carbonyl (C=O) groups excluding carboxylic acids is 1. The van der Waals surface area contributed by atoms with Crippen molar-refractivity contribution in [2.45, 2.75) is 26.2 Å². The summed E-state index contributed by atoms with van der Waals surface area (Å²) in [6, 6.07) is 11.9. The highest BCUT2D eigenvalue weighted by Crippen LogP contribution is 2.24. The van der Waals surface area contributed by atoms with Crippen LogP contribution in [-0.2, 0) is 11.2 Å². The van der Waals surface area contributed by atoms with Crippen LogP contribution in [0, 0.1) is 5.92 Å². The summed E-state index contributed by atoms with van der Waals surface area (Å²) in [6.07, 6.45) is 6.29. The number of pyridine rings is 1. The monoisotopic (exact) mass is 309 g/mol. The number of amides is 1. The van der Waals surface area contributed by atoms with Gasteiger partial charge in [0.25, 0.3) is 0 Å². The van der Waals surface area contributed by atoms with Gasteiger partial charge in [0.05, 0.1) is 6.42 Å². The molecule has 120 valence electrons. The third-order valence-electron chi connectivity index (χ3n) is 4.39. The number of hydrogen-bond donors (Lipinski definition) is 1. The molecule has 23 heavy (non-hydrogen) atoms. The van der Waals surface area contributed by atoms with E-state index in [-0.39, 0.29) is 5.91 Å². The summed E-state index contributed by atoms with van der Waals surface area (Å²) in [5.74, 6) is 0.815. The number of rotatable bonds is 4. The Morgan fingerprint density at radius 1 is 1.22 bits per heavy atom. The molecule has 1 amide bonds. The molecule has 0 radical (unpaired) electrons. The van der Waals surface area contributed by atoms with Crippen LogP contribution in [0.4, 0.5) is 11.4 Å². The molecule has 0 unspecified atom stereocenters. The minimum Gasteiger partial charge on any atom is -0.372 e. The third kappa shape index (κ3) is 4.31. The molecule has 1 aromatic carbocycles. The van der Waals surface area contributed by atoms with Crippen LogP contribution in [-0.4, -0.2) is 24.0 Å². The van der Waals surface area contributed by atoms with E-state index in [4.69, 9.17) is 0 Å². The van der Waals surface area contributed by atoms with E-state index in [1.54, 1.807) is 12.4 Å². The summed E-state index contributed by atoms with van der Waals surface area (Å²) in [6.45, 7) is 4.56. The van der Waals surface area contributed by atoms with Crippen molar-refractivity contribution in [3.05, 3.63) is 54.4 Å². The molecule has 1 aromatic heterocycles. The second-order valence-corrected chi connectivity index (χ2v) is 6.30. The van der Waals surface area contributed by atoms with Crippen molar-refractivity contribution >= 4 is 17.3 Å². The molecule has 0 saturated carbocycles. The second-order valence-electron chi connectivity index (χ2n) is 6.30. The van der Waals surface area contributed by atoms with Crippen LogP contribution in [0.15, 0.2) is 48.8 Å². The number of benzene rings is 1. The van der Waals surface area contributed by atoms with Gasteiger partial charge in [-0.1, -0.05) is 13.0 Å². The Hall–Kier alpha value is -2.36. The Bertz CT molecular complexity index is 631. The third-order valence-corrected chi connectivity index (χ3v) is 4.39. The van der Waals surface area contributed by atoms with E-state index >= 15 is 0 Å². The molecular weight excluding hydrogens is 286 g/mol. The van der Waals surface area contributed by atoms with Crippen molar-refractivity contribution in [1.29, 1.82) is 0 Å². The van der Waals surface area contributed by atoms with Gasteiger partial charge in [0.1, 0.15) is 0 Å². The van der Waals surface area contributed by atoms with Crippen LogP contribution in [0.5, 0.6) is 0 Å². The molecule has 2 aromatic rings. The molecule has 1 N–H and O–H groups in total. The lowest BCUT2D eigenvalue weighted by Crippen LogP contribution is -2.32. The summed E-state index contributed by atoms with van der Waals surface area (Å²) in [5.41, 5.74) is 3.00. The average molecular weight is 309 g/mol. The SMILES string of the molecule is CC1CCN(c2ccc(NC(=O)Cc3cccnc3)cc2)CC1. The lowest BCUT2D eigenvalue weighted by molar-refractivity contribution is -0.115. The summed E-state index contributed by atoms with van der Waals surface area (Å²) in [5, 5.41) is 2.94. The van der Waals surface area contributed by atoms with Crippen LogP contribution in [0.1, 0.15) is 25.3 Å². The molecule has 4 nitrogen and oxygen atoms in total. The van der Waals surface area contributed by atoms with Crippen molar-refractivity contribution in [3.63, 3.8) is 0 Å². The molecule has 2 heterocycles. The minimum absolute atomic E-state index is 0.0162. The van der Waals surface area contributed by atoms with E-state index in [0.29, 0.717) is 6.42 Å². The zero-order chi connectivity index (χ0) is 16.1. The molecule has 0 atom stereocenters. The zero-order valence-electron chi connectivity index (χ0n) is 13.5. The van der Waals surface area contributed by atoms with Crippen LogP contribution >= 0.6 is 0 Å². The largest absolute Gasteiger partial charge is 0.372 e. The quantitative estimate of drug-likeness (QED) is 0.940. The van der Waals surface area contributed by atoms with Crippen LogP contribution in [0.25, 0.3) is 0 Å². The number of hydrogen-bond acceptors (Lipinski definition) is 3. The molecule has 0 aliphatic carbocycles. The Kier molecular flexibility index (Phi) is 4.91. The van der Waals surface area contributed by atoms with Gasteiger partial charge in [0.15, 0.2) is 0 Å². The molecule has 0 spiro atoms. The summed E-state index contributed by atoms with van der Waals surface area (Å²) >= 11 is 0. The number of carbonyl (C=O) groups is 1. The predicted octanol–water partition coefficient (Wildman–Crippen LogP) is 3.50. The predicted molar refractivity (Wildman–Crippen MR) is 93.6 cm³/mol. The van der Waals surface area contributed by atoms with Gasteiger partial charge in [0.2, 0.25) is 5.91 Å². The number of nitrogens with zero attached hydrogens (tertiary/aromatic N) is 2. The highest BCUT2D eigenvalue weighted by Gasteiger charge is 2.15. The van der Waals surface area contributed by atoms with Gasteiger partial charge in [0, 0.05) is 36.9 Å². The van der Waals surface area contributed by atoms with E-state index in [9.17, 15) is 4.79 Å². The lowest BCUT2D eigenvalue weighted by atomic mass is 9.99. The molecule has 3 rings (SSSR count). The zero-order valence-corrected chi connectivity index (χ0v) is 13.5. The summed E-state index contributed by atoms with van der Waals surface area (Å²) in [7, 11) is 0. The minimum atomic E-state index is -0.0162. The number of nitrogens with one attached hydrogen (secondary N) is 1. The molecule has 1 aliphatic heterocycles. The van der Waals surface area contributed by atoms with Crippen molar-refractivity contribution in [1.82, 2.24) is 4.98 Å². The maximum atomic E-state index is 12.1. The first-order chi connectivity index (χ1) is 11.2. The molecule has 1 aliphatic rings. The summed E-state index contributed by atoms with van der Waals surface area (Å²) < 4.78 is 0. The lowest BCUT2D eigenvalue weighted by Gasteiger charge is -2.32. The van der Waals surface area contributed by atoms with E-state index in [1.807, 2.05) is 24.3 Å². The number of anilines is 2. The molecule has 1 fully saturated rings. The number of piperidine rings is 1. The van der Waals surface area contributed by atoms with Gasteiger partial charge in [-0.15, -0.1) is 0 Å². The van der Waals surface area contributed by atoms with Crippen molar-refractivity contribution < 1.29 is 4.79 Å². The fraction of sp³-hybridized carbons (Fsp3) is 0.368. The maximum Gasteiger partial charge on any atom is 0.228 e. The Morgan fingerprint density at radius 3 is 2.61 bits per heavy atom. The molecular formula is C19H23N3O. The maximum absolute atomic E-state index is 12.1. The van der Waals surface area contributed by atoms with Crippen LogP contribution in [0.3, 0.4) is 0 Å². The second kappa shape index (κ2) is 7.27. The van der Waals surface area contributed by atoms with Gasteiger partial charge < -0.3 is 10.2 Å². The standard InChI is InChI=1S/C19H23N3O/c1-15-8-11-22(12-9-15)18-6-4-17(5-7-18)21-19(23)13-16-3-2-10-20-14-16/h2-7,10,14-15H,8-9,11-13H2,1H3,(H,21,23). The van der Waals surface area contributed by atoms with Gasteiger partial charge in [-0.05, 0) is 54.7 Å². The van der Waals surface area contributed by atoms with Gasteiger partial charge in [-0.25, -0.2) is 0 Å². The Morgan fingerprint density at radius 2 is 1.96 bits per heavy atom. The summed E-state index contributed by atoms with van der Waals surface area (Å²) in [4.78, 5) is 18.5. The van der Waals surface area contributed by atoms with E-state index < -0.39 is 0 Å². The van der Waals surface area contributed by atoms with Crippen LogP contribution < -0.4 is 10.2 Å². The molecule has 1 saturated heterocycles. The smallest absolute Gasteiger partial charge is 0.228 e. The highest BCUT2D eigenvalue weighted by atomic mass is 16.1. The highest BCUT2D eigenvalue weighted by molar-refractivity contribution is 5.92. The fourth-order valence-electron chi connectivity index (χ4n) is 2.92. The Labute approximate surface area is 137 Å². The average Bonchev–Trinajstić information content (AvgIpc) is 2.57. The van der Waals surface area contributed by atoms with E-state index in [2.05, 4.69) is 34.3 Å². The van der Waals surface area contributed by atoms with Crippen LogP contribution in [0.2, 0.25) is 0 Å². The van der Waals surface area contributed by atoms with E-state index in [1.165, 1.54) is 18.5 Å². The van der Waals surface area contributed by atoms with E-state index in [0.717, 1.165) is 30.3 Å². The van der Waals surface area contributed by atoms with Gasteiger partial charge in [-0.3, -0.25) is 9.78 Å². The molecule has 0 bridgehead atoms. The normalized spacial score (nSPS) is 15.4. The van der Waals surface area contributed by atoms with Crippen molar-refractivity contribution in [3.8, 4) is 0 Å². The first-order valence-electron chi connectivity index (χ1n) is 8.24. The van der Waals surface area contributed by atoms with Gasteiger partial charge in [-0.2, -0.15) is 0 Å². The van der Waals surface area contributed by atoms with Crippen molar-refractivity contribution in [2.75, 3.05) is 23.3 Å². The number of aromatic nitrogens is 1. The molecule has 4 heteroatoms. The Balaban J connectivity index is 1.56.